The van der Waals surface area contributed by atoms with Crippen LogP contribution in [-0.4, -0.2) is 28.0 Å². The molecule has 0 spiro atoms. The lowest BCUT2D eigenvalue weighted by Gasteiger charge is -2.15. The van der Waals surface area contributed by atoms with Crippen LogP contribution in [0.5, 0.6) is 0 Å². The topological polar surface area (TPSA) is 100 Å². The van der Waals surface area contributed by atoms with Crippen LogP contribution >= 0.6 is 46.3 Å². The number of benzene rings is 4. The van der Waals surface area contributed by atoms with E-state index in [0.29, 0.717) is 44.1 Å². The number of carbonyl (C=O) groups is 3. The van der Waals surface area contributed by atoms with Gasteiger partial charge in [0.1, 0.15) is 5.70 Å². The van der Waals surface area contributed by atoms with Gasteiger partial charge < -0.3 is 16.0 Å². The van der Waals surface area contributed by atoms with Crippen molar-refractivity contribution in [2.75, 3.05) is 10.6 Å². The van der Waals surface area contributed by atoms with Gasteiger partial charge >= 0.3 is 0 Å². The number of nitrogens with zero attached hydrogens (tertiary/aromatic N) is 1. The minimum Gasteiger partial charge on any atom is -0.321 e. The summed E-state index contributed by atoms with van der Waals surface area (Å²) in [6.45, 7) is 1.93. The van der Waals surface area contributed by atoms with Crippen molar-refractivity contribution in [1.29, 1.82) is 0 Å². The molecule has 1 atom stereocenters. The fraction of sp³-hybridized carbons (Fsp3) is 0.0857. The number of thiazole rings is 1. The Morgan fingerprint density at radius 3 is 2.41 bits per heavy atom. The lowest BCUT2D eigenvalue weighted by atomic mass is 10.1. The zero-order valence-electron chi connectivity index (χ0n) is 24.5. The third-order valence-corrected chi connectivity index (χ3v) is 9.29. The highest BCUT2D eigenvalue weighted by Gasteiger charge is 2.21. The van der Waals surface area contributed by atoms with Crippen LogP contribution in [0, 0.1) is 0 Å². The molecule has 0 saturated carbocycles. The quantitative estimate of drug-likeness (QED) is 0.0951. The number of aromatic nitrogens is 1. The van der Waals surface area contributed by atoms with Crippen molar-refractivity contribution < 1.29 is 14.4 Å². The van der Waals surface area contributed by atoms with E-state index in [1.807, 2.05) is 36.6 Å². The normalized spacial score (nSPS) is 11.8. The average molecular weight is 688 g/mol. The SMILES string of the molecule is CCC(Sc1cccc(NC(=O)/C(=C/c2cccc(Cl)c2)NC(=O)c2ccccc2)c1)C(=O)Nc1nc(-c2ccccc2Cl)cs1. The molecule has 7 nitrogen and oxygen atoms in total. The third-order valence-electron chi connectivity index (χ3n) is 6.61. The molecule has 3 N–H and O–H groups in total. The van der Waals surface area contributed by atoms with Crippen molar-refractivity contribution in [1.82, 2.24) is 10.3 Å². The van der Waals surface area contributed by atoms with E-state index >= 15 is 0 Å². The molecule has 5 aromatic rings. The van der Waals surface area contributed by atoms with E-state index in [0.717, 1.165) is 10.5 Å². The second-order valence-corrected chi connectivity index (χ2v) is 12.9. The first-order chi connectivity index (χ1) is 22.3. The highest BCUT2D eigenvalue weighted by atomic mass is 35.5. The molecule has 0 fully saturated rings. The van der Waals surface area contributed by atoms with Gasteiger partial charge in [-0.25, -0.2) is 4.98 Å². The van der Waals surface area contributed by atoms with Crippen LogP contribution in [0.15, 0.2) is 119 Å². The molecule has 0 saturated heterocycles. The highest BCUT2D eigenvalue weighted by molar-refractivity contribution is 8.00. The van der Waals surface area contributed by atoms with E-state index in [4.69, 9.17) is 23.2 Å². The van der Waals surface area contributed by atoms with E-state index in [-0.39, 0.29) is 11.6 Å². The van der Waals surface area contributed by atoms with Crippen molar-refractivity contribution in [2.24, 2.45) is 0 Å². The molecule has 0 aliphatic carbocycles. The van der Waals surface area contributed by atoms with Gasteiger partial charge in [0.2, 0.25) is 5.91 Å². The van der Waals surface area contributed by atoms with Gasteiger partial charge in [-0.1, -0.05) is 84.7 Å². The summed E-state index contributed by atoms with van der Waals surface area (Å²) in [5.41, 5.74) is 3.09. The van der Waals surface area contributed by atoms with Gasteiger partial charge in [0.15, 0.2) is 5.13 Å². The lowest BCUT2D eigenvalue weighted by Crippen LogP contribution is -2.30. The second-order valence-electron chi connectivity index (χ2n) is 9.94. The van der Waals surface area contributed by atoms with Gasteiger partial charge in [-0.15, -0.1) is 23.1 Å². The molecule has 46 heavy (non-hydrogen) atoms. The molecular weight excluding hydrogens is 659 g/mol. The van der Waals surface area contributed by atoms with E-state index in [1.54, 1.807) is 84.9 Å². The third kappa shape index (κ3) is 8.86. The molecule has 0 radical (unpaired) electrons. The Morgan fingerprint density at radius 1 is 0.891 bits per heavy atom. The van der Waals surface area contributed by atoms with Crippen molar-refractivity contribution in [3.05, 3.63) is 135 Å². The average Bonchev–Trinajstić information content (AvgIpc) is 3.52. The van der Waals surface area contributed by atoms with E-state index in [1.165, 1.54) is 23.1 Å². The number of anilines is 2. The Hall–Kier alpha value is -4.41. The molecule has 232 valence electrons. The van der Waals surface area contributed by atoms with Crippen molar-refractivity contribution in [3.63, 3.8) is 0 Å². The number of rotatable bonds is 11. The molecule has 0 aliphatic heterocycles. The standard InChI is InChI=1S/C35H28Cl2N4O3S2/c1-2-31(34(44)41-35-40-30(21-45-35)27-16-6-7-17-28(27)37)46-26-15-9-14-25(20-26)38-33(43)29(19-22-10-8-13-24(36)18-22)39-32(42)23-11-4-3-5-12-23/h3-21,31H,2H2,1H3,(H,38,43)(H,39,42)(H,40,41,44)/b29-19-. The largest absolute Gasteiger partial charge is 0.321 e. The lowest BCUT2D eigenvalue weighted by molar-refractivity contribution is -0.116. The number of thioether (sulfide) groups is 1. The molecule has 0 bridgehead atoms. The zero-order valence-corrected chi connectivity index (χ0v) is 27.6. The maximum Gasteiger partial charge on any atom is 0.272 e. The maximum absolute atomic E-state index is 13.5. The number of carbonyl (C=O) groups excluding carboxylic acids is 3. The summed E-state index contributed by atoms with van der Waals surface area (Å²) in [6, 6.07) is 30.2. The predicted octanol–water partition coefficient (Wildman–Crippen LogP) is 9.04. The van der Waals surface area contributed by atoms with Gasteiger partial charge in [-0.2, -0.15) is 0 Å². The van der Waals surface area contributed by atoms with Crippen LogP contribution < -0.4 is 16.0 Å². The van der Waals surface area contributed by atoms with Gasteiger partial charge in [-0.3, -0.25) is 14.4 Å². The number of halogens is 2. The minimum atomic E-state index is -0.519. The van der Waals surface area contributed by atoms with Crippen molar-refractivity contribution >= 4 is 80.9 Å². The Balaban J connectivity index is 1.28. The first-order valence-corrected chi connectivity index (χ1v) is 16.7. The van der Waals surface area contributed by atoms with Crippen molar-refractivity contribution in [3.8, 4) is 11.3 Å². The fourth-order valence-corrected chi connectivity index (χ4v) is 6.51. The van der Waals surface area contributed by atoms with Crippen molar-refractivity contribution in [2.45, 2.75) is 23.5 Å². The Morgan fingerprint density at radius 2 is 1.65 bits per heavy atom. The van der Waals surface area contributed by atoms with Crippen LogP contribution in [0.1, 0.15) is 29.3 Å². The predicted molar refractivity (Wildman–Crippen MR) is 190 cm³/mol. The Labute approximate surface area is 285 Å². The first kappa shape index (κ1) is 33.0. The minimum absolute atomic E-state index is 0.0413. The molecule has 1 aromatic heterocycles. The van der Waals surface area contributed by atoms with E-state index in [9.17, 15) is 14.4 Å². The molecule has 0 aliphatic rings. The van der Waals surface area contributed by atoms with Crippen LogP contribution in [0.25, 0.3) is 17.3 Å². The summed E-state index contributed by atoms with van der Waals surface area (Å²) >= 11 is 15.2. The number of hydrogen-bond donors (Lipinski definition) is 3. The summed E-state index contributed by atoms with van der Waals surface area (Å²) in [7, 11) is 0. The van der Waals surface area contributed by atoms with Gasteiger partial charge in [0, 0.05) is 37.1 Å². The Kier molecular flexibility index (Phi) is 11.3. The fourth-order valence-electron chi connectivity index (χ4n) is 4.35. The van der Waals surface area contributed by atoms with Crippen LogP contribution in [0.4, 0.5) is 10.8 Å². The smallest absolute Gasteiger partial charge is 0.272 e. The summed E-state index contributed by atoms with van der Waals surface area (Å²) in [4.78, 5) is 45.0. The molecular formula is C35H28Cl2N4O3S2. The molecule has 5 rings (SSSR count). The number of hydrogen-bond acceptors (Lipinski definition) is 6. The summed E-state index contributed by atoms with van der Waals surface area (Å²) in [5.74, 6) is -1.13. The van der Waals surface area contributed by atoms with Gasteiger partial charge in [0.05, 0.1) is 10.9 Å². The molecule has 1 unspecified atom stereocenters. The van der Waals surface area contributed by atoms with Crippen LogP contribution in [0.2, 0.25) is 10.0 Å². The monoisotopic (exact) mass is 686 g/mol. The summed E-state index contributed by atoms with van der Waals surface area (Å²) < 4.78 is 0. The number of nitrogens with one attached hydrogen (secondary N) is 3. The summed E-state index contributed by atoms with van der Waals surface area (Å²) in [5, 5.41) is 11.5. The van der Waals surface area contributed by atoms with Gasteiger partial charge in [-0.05, 0) is 66.6 Å². The highest BCUT2D eigenvalue weighted by Crippen LogP contribution is 2.32. The molecule has 11 heteroatoms. The molecule has 1 heterocycles. The van der Waals surface area contributed by atoms with E-state index < -0.39 is 17.1 Å². The van der Waals surface area contributed by atoms with Crippen LogP contribution in [0.3, 0.4) is 0 Å². The second kappa shape index (κ2) is 15.7. The maximum atomic E-state index is 13.5. The first-order valence-electron chi connectivity index (χ1n) is 14.2. The molecule has 4 aromatic carbocycles. The molecule has 3 amide bonds. The zero-order chi connectivity index (χ0) is 32.5. The van der Waals surface area contributed by atoms with Gasteiger partial charge in [0.25, 0.3) is 11.8 Å². The summed E-state index contributed by atoms with van der Waals surface area (Å²) in [6.07, 6.45) is 2.13. The Bertz CT molecular complexity index is 1900. The van der Waals surface area contributed by atoms with E-state index in [2.05, 4.69) is 20.9 Å². The van der Waals surface area contributed by atoms with Crippen LogP contribution in [-0.2, 0) is 9.59 Å². The number of amides is 3.